The van der Waals surface area contributed by atoms with E-state index in [1.807, 2.05) is 0 Å². The van der Waals surface area contributed by atoms with Gasteiger partial charge in [-0.25, -0.2) is 9.78 Å². The first-order valence-electron chi connectivity index (χ1n) is 4.19. The van der Waals surface area contributed by atoms with Crippen LogP contribution in [0.3, 0.4) is 0 Å². The summed E-state index contributed by atoms with van der Waals surface area (Å²) < 4.78 is 2.57. The van der Waals surface area contributed by atoms with Crippen molar-refractivity contribution in [3.63, 3.8) is 0 Å². The van der Waals surface area contributed by atoms with Crippen LogP contribution in [0, 0.1) is 0 Å². The number of carbonyl (C=O) groups is 1. The van der Waals surface area contributed by atoms with Gasteiger partial charge >= 0.3 is 5.97 Å². The lowest BCUT2D eigenvalue weighted by Gasteiger charge is -2.05. The molecule has 5 heteroatoms. The van der Waals surface area contributed by atoms with E-state index in [-0.39, 0.29) is 5.56 Å². The molecule has 2 aromatic rings. The summed E-state index contributed by atoms with van der Waals surface area (Å²) in [5.41, 5.74) is 1.01. The summed E-state index contributed by atoms with van der Waals surface area (Å²) in [4.78, 5) is 14.7. The van der Waals surface area contributed by atoms with Gasteiger partial charge in [-0.05, 0) is 34.1 Å². The first-order chi connectivity index (χ1) is 7.18. The Morgan fingerprint density at radius 2 is 2.27 bits per heavy atom. The Morgan fingerprint density at radius 3 is 2.87 bits per heavy atom. The Hall–Kier alpha value is -1.62. The van der Waals surface area contributed by atoms with Crippen LogP contribution in [0.5, 0.6) is 0 Å². The van der Waals surface area contributed by atoms with Crippen LogP contribution in [-0.4, -0.2) is 20.6 Å². The zero-order valence-corrected chi connectivity index (χ0v) is 9.18. The third kappa shape index (κ3) is 1.92. The topological polar surface area (TPSA) is 55.1 Å². The van der Waals surface area contributed by atoms with Crippen molar-refractivity contribution in [3.8, 4) is 5.69 Å². The van der Waals surface area contributed by atoms with Gasteiger partial charge in [-0.3, -0.25) is 0 Å². The monoisotopic (exact) mass is 266 g/mol. The molecule has 2 rings (SSSR count). The van der Waals surface area contributed by atoms with Crippen molar-refractivity contribution in [1.29, 1.82) is 0 Å². The first kappa shape index (κ1) is 9.92. The van der Waals surface area contributed by atoms with E-state index >= 15 is 0 Å². The summed E-state index contributed by atoms with van der Waals surface area (Å²) in [5, 5.41) is 8.86. The van der Waals surface area contributed by atoms with Crippen LogP contribution in [0.2, 0.25) is 0 Å². The minimum Gasteiger partial charge on any atom is -0.478 e. The van der Waals surface area contributed by atoms with Crippen LogP contribution in [0.25, 0.3) is 5.69 Å². The largest absolute Gasteiger partial charge is 0.478 e. The van der Waals surface area contributed by atoms with Crippen molar-refractivity contribution in [2.45, 2.75) is 0 Å². The molecule has 0 saturated heterocycles. The number of nitrogens with zero attached hydrogens (tertiary/aromatic N) is 2. The molecule has 0 aliphatic carbocycles. The van der Waals surface area contributed by atoms with E-state index in [4.69, 9.17) is 5.11 Å². The fourth-order valence-corrected chi connectivity index (χ4v) is 1.70. The van der Waals surface area contributed by atoms with E-state index in [0.717, 1.165) is 10.2 Å². The van der Waals surface area contributed by atoms with Crippen LogP contribution < -0.4 is 0 Å². The Labute approximate surface area is 94.3 Å². The van der Waals surface area contributed by atoms with Gasteiger partial charge in [0.1, 0.15) is 0 Å². The number of hydrogen-bond acceptors (Lipinski definition) is 2. The Morgan fingerprint density at radius 1 is 1.47 bits per heavy atom. The second-order valence-corrected chi connectivity index (χ2v) is 3.80. The summed E-state index contributed by atoms with van der Waals surface area (Å²) in [6.45, 7) is 0. The van der Waals surface area contributed by atoms with Crippen LogP contribution >= 0.6 is 15.9 Å². The van der Waals surface area contributed by atoms with Crippen LogP contribution in [0.1, 0.15) is 10.4 Å². The lowest BCUT2D eigenvalue weighted by Crippen LogP contribution is -1.99. The zero-order chi connectivity index (χ0) is 10.8. The highest BCUT2D eigenvalue weighted by atomic mass is 79.9. The van der Waals surface area contributed by atoms with Gasteiger partial charge in [-0.1, -0.05) is 0 Å². The van der Waals surface area contributed by atoms with Gasteiger partial charge in [0, 0.05) is 16.9 Å². The third-order valence-electron chi connectivity index (χ3n) is 1.98. The number of rotatable bonds is 2. The molecule has 0 aliphatic rings. The molecule has 1 N–H and O–H groups in total. The highest BCUT2D eigenvalue weighted by Gasteiger charge is 2.07. The number of imidazole rings is 1. The normalized spacial score (nSPS) is 10.2. The average molecular weight is 267 g/mol. The molecule has 0 spiro atoms. The number of aromatic carboxylic acids is 1. The molecule has 1 aromatic heterocycles. The quantitative estimate of drug-likeness (QED) is 0.908. The fourth-order valence-electron chi connectivity index (χ4n) is 1.25. The van der Waals surface area contributed by atoms with E-state index in [0.29, 0.717) is 0 Å². The van der Waals surface area contributed by atoms with Gasteiger partial charge < -0.3 is 9.67 Å². The second kappa shape index (κ2) is 3.86. The van der Waals surface area contributed by atoms with Gasteiger partial charge in [0.25, 0.3) is 0 Å². The maximum atomic E-state index is 10.8. The number of aromatic nitrogens is 2. The molecule has 0 radical (unpaired) electrons. The molecule has 15 heavy (non-hydrogen) atoms. The highest BCUT2D eigenvalue weighted by molar-refractivity contribution is 9.10. The van der Waals surface area contributed by atoms with Gasteiger partial charge in [0.2, 0.25) is 0 Å². The van der Waals surface area contributed by atoms with E-state index in [1.165, 1.54) is 0 Å². The molecule has 0 atom stereocenters. The maximum absolute atomic E-state index is 10.8. The summed E-state index contributed by atoms with van der Waals surface area (Å²) in [6.07, 6.45) is 5.01. The second-order valence-electron chi connectivity index (χ2n) is 2.94. The van der Waals surface area contributed by atoms with E-state index in [9.17, 15) is 4.79 Å². The number of carboxylic acid groups (broad SMARTS) is 1. The van der Waals surface area contributed by atoms with Gasteiger partial charge in [0.05, 0.1) is 17.6 Å². The van der Waals surface area contributed by atoms with Crippen molar-refractivity contribution >= 4 is 21.9 Å². The number of halogens is 1. The lowest BCUT2D eigenvalue weighted by atomic mass is 10.2. The van der Waals surface area contributed by atoms with Crippen LogP contribution in [0.4, 0.5) is 0 Å². The maximum Gasteiger partial charge on any atom is 0.335 e. The predicted octanol–water partition coefficient (Wildman–Crippen LogP) is 2.33. The predicted molar refractivity (Wildman–Crippen MR) is 58.2 cm³/mol. The Kier molecular flexibility index (Phi) is 2.55. The molecular weight excluding hydrogens is 260 g/mol. The zero-order valence-electron chi connectivity index (χ0n) is 7.59. The minimum absolute atomic E-state index is 0.252. The van der Waals surface area contributed by atoms with Gasteiger partial charge in [-0.2, -0.15) is 0 Å². The van der Waals surface area contributed by atoms with E-state index in [1.54, 1.807) is 41.5 Å². The lowest BCUT2D eigenvalue weighted by molar-refractivity contribution is 0.0697. The molecule has 0 bridgehead atoms. The summed E-state index contributed by atoms with van der Waals surface area (Å²) in [5.74, 6) is -0.941. The van der Waals surface area contributed by atoms with Crippen molar-refractivity contribution < 1.29 is 9.90 Å². The molecule has 0 amide bonds. The minimum atomic E-state index is -0.941. The van der Waals surface area contributed by atoms with Crippen LogP contribution in [0.15, 0.2) is 41.4 Å². The first-order valence-corrected chi connectivity index (χ1v) is 4.99. The van der Waals surface area contributed by atoms with Crippen LogP contribution in [-0.2, 0) is 0 Å². The molecule has 76 valence electrons. The Balaban J connectivity index is 2.55. The van der Waals surface area contributed by atoms with Gasteiger partial charge in [-0.15, -0.1) is 0 Å². The van der Waals surface area contributed by atoms with Crippen molar-refractivity contribution in [1.82, 2.24) is 9.55 Å². The SMILES string of the molecule is O=C(O)c1ccc(Br)c(-n2ccnc2)c1. The third-order valence-corrected chi connectivity index (χ3v) is 2.65. The highest BCUT2D eigenvalue weighted by Crippen LogP contribution is 2.22. The molecule has 0 fully saturated rings. The Bertz CT molecular complexity index is 494. The molecule has 0 aliphatic heterocycles. The summed E-state index contributed by atoms with van der Waals surface area (Å²) in [6, 6.07) is 4.85. The van der Waals surface area contributed by atoms with E-state index in [2.05, 4.69) is 20.9 Å². The van der Waals surface area contributed by atoms with Crippen molar-refractivity contribution in [2.75, 3.05) is 0 Å². The fraction of sp³-hybridized carbons (Fsp3) is 0. The van der Waals surface area contributed by atoms with Gasteiger partial charge in [0.15, 0.2) is 0 Å². The molecule has 1 heterocycles. The summed E-state index contributed by atoms with van der Waals surface area (Å²) >= 11 is 3.36. The molecule has 0 saturated carbocycles. The molecular formula is C10H7BrN2O2. The standard InChI is InChI=1S/C10H7BrN2O2/c11-8-2-1-7(10(14)15)5-9(8)13-4-3-12-6-13/h1-6H,(H,14,15). The molecule has 4 nitrogen and oxygen atoms in total. The average Bonchev–Trinajstić information content (AvgIpc) is 2.71. The van der Waals surface area contributed by atoms with Crippen molar-refractivity contribution in [2.24, 2.45) is 0 Å². The number of carboxylic acids is 1. The molecule has 0 unspecified atom stereocenters. The van der Waals surface area contributed by atoms with Crippen molar-refractivity contribution in [3.05, 3.63) is 47.0 Å². The number of hydrogen-bond donors (Lipinski definition) is 1. The van der Waals surface area contributed by atoms with E-state index < -0.39 is 5.97 Å². The summed E-state index contributed by atoms with van der Waals surface area (Å²) in [7, 11) is 0. The smallest absolute Gasteiger partial charge is 0.335 e. The number of benzene rings is 1. The molecule has 1 aromatic carbocycles.